The van der Waals surface area contributed by atoms with Gasteiger partial charge in [0.05, 0.1) is 10.2 Å². The Bertz CT molecular complexity index is 903. The molecule has 0 unspecified atom stereocenters. The molecule has 0 aliphatic carbocycles. The van der Waals surface area contributed by atoms with E-state index in [1.54, 1.807) is 6.07 Å². The average molecular weight is 406 g/mol. The van der Waals surface area contributed by atoms with Crippen molar-refractivity contribution in [3.63, 3.8) is 0 Å². The number of carbonyl (C=O) groups excluding carboxylic acids is 1. The molecule has 0 spiro atoms. The molecule has 2 aromatic carbocycles. The van der Waals surface area contributed by atoms with Crippen molar-refractivity contribution in [2.75, 3.05) is 17.7 Å². The van der Waals surface area contributed by atoms with Crippen LogP contribution in [0.25, 0.3) is 10.2 Å². The van der Waals surface area contributed by atoms with Crippen LogP contribution >= 0.6 is 27.3 Å². The fraction of sp³-hybridized carbons (Fsp3) is 0.176. The maximum Gasteiger partial charge on any atom is 0.262 e. The molecule has 0 radical (unpaired) electrons. The molecule has 5 nitrogen and oxygen atoms in total. The minimum absolute atomic E-state index is 0.0522. The lowest BCUT2D eigenvalue weighted by molar-refractivity contribution is -0.118. The number of nitrogen functional groups attached to an aromatic ring is 1. The molecular weight excluding hydrogens is 390 g/mol. The minimum atomic E-state index is -0.224. The third-order valence-corrected chi connectivity index (χ3v) is 4.75. The Morgan fingerprint density at radius 3 is 2.67 bits per heavy atom. The molecule has 3 rings (SSSR count). The van der Waals surface area contributed by atoms with Crippen molar-refractivity contribution in [3.8, 4) is 5.75 Å². The van der Waals surface area contributed by atoms with Gasteiger partial charge in [-0.25, -0.2) is 4.98 Å². The summed E-state index contributed by atoms with van der Waals surface area (Å²) in [5.74, 6) is 0.465. The largest absolute Gasteiger partial charge is 0.484 e. The molecule has 0 saturated carbocycles. The molecule has 0 aliphatic heterocycles. The SMILES string of the molecule is Cc1cc(C)cc(OCC(=O)Nc2cc(Br)c3nc(N)sc3c2)c1. The molecule has 1 amide bonds. The number of aromatic nitrogens is 1. The van der Waals surface area contributed by atoms with Crippen molar-refractivity contribution < 1.29 is 9.53 Å². The first-order valence-electron chi connectivity index (χ1n) is 7.27. The molecule has 3 aromatic rings. The molecule has 0 bridgehead atoms. The van der Waals surface area contributed by atoms with Crippen LogP contribution in [0.2, 0.25) is 0 Å². The van der Waals surface area contributed by atoms with Crippen molar-refractivity contribution >= 4 is 54.2 Å². The third kappa shape index (κ3) is 3.85. The number of ether oxygens (including phenoxy) is 1. The minimum Gasteiger partial charge on any atom is -0.484 e. The highest BCUT2D eigenvalue weighted by Crippen LogP contribution is 2.32. The zero-order valence-corrected chi connectivity index (χ0v) is 15.6. The average Bonchev–Trinajstić information content (AvgIpc) is 2.85. The molecule has 0 saturated heterocycles. The van der Waals surface area contributed by atoms with Crippen LogP contribution in [0, 0.1) is 13.8 Å². The van der Waals surface area contributed by atoms with Gasteiger partial charge in [-0.15, -0.1) is 0 Å². The van der Waals surface area contributed by atoms with Gasteiger partial charge in [0.2, 0.25) is 0 Å². The van der Waals surface area contributed by atoms with Crippen molar-refractivity contribution in [2.24, 2.45) is 0 Å². The summed E-state index contributed by atoms with van der Waals surface area (Å²) in [5, 5.41) is 3.32. The summed E-state index contributed by atoms with van der Waals surface area (Å²) >= 11 is 4.82. The van der Waals surface area contributed by atoms with E-state index in [4.69, 9.17) is 10.5 Å². The zero-order valence-electron chi connectivity index (χ0n) is 13.2. The number of benzene rings is 2. The van der Waals surface area contributed by atoms with E-state index in [-0.39, 0.29) is 12.5 Å². The van der Waals surface area contributed by atoms with Crippen LogP contribution in [0.3, 0.4) is 0 Å². The Balaban J connectivity index is 1.68. The predicted molar refractivity (Wildman–Crippen MR) is 102 cm³/mol. The highest BCUT2D eigenvalue weighted by molar-refractivity contribution is 9.10. The number of halogens is 1. The van der Waals surface area contributed by atoms with E-state index in [9.17, 15) is 4.79 Å². The Morgan fingerprint density at radius 1 is 1.25 bits per heavy atom. The lowest BCUT2D eigenvalue weighted by atomic mass is 10.1. The van der Waals surface area contributed by atoms with E-state index < -0.39 is 0 Å². The van der Waals surface area contributed by atoms with Crippen molar-refractivity contribution in [1.82, 2.24) is 4.98 Å². The van der Waals surface area contributed by atoms with Gasteiger partial charge in [0, 0.05) is 10.2 Å². The molecule has 124 valence electrons. The number of nitrogens with two attached hydrogens (primary N) is 1. The van der Waals surface area contributed by atoms with Gasteiger partial charge >= 0.3 is 0 Å². The number of aryl methyl sites for hydroxylation is 2. The second kappa shape index (κ2) is 6.78. The lowest BCUT2D eigenvalue weighted by Crippen LogP contribution is -2.20. The molecule has 7 heteroatoms. The number of rotatable bonds is 4. The number of amides is 1. The van der Waals surface area contributed by atoms with E-state index in [1.165, 1.54) is 11.3 Å². The lowest BCUT2D eigenvalue weighted by Gasteiger charge is -2.09. The molecule has 24 heavy (non-hydrogen) atoms. The molecule has 0 atom stereocenters. The molecular formula is C17H16BrN3O2S. The van der Waals surface area contributed by atoms with E-state index in [2.05, 4.69) is 32.3 Å². The summed E-state index contributed by atoms with van der Waals surface area (Å²) in [5.41, 5.74) is 9.39. The summed E-state index contributed by atoms with van der Waals surface area (Å²) in [6.07, 6.45) is 0. The van der Waals surface area contributed by atoms with Gasteiger partial charge in [-0.1, -0.05) is 17.4 Å². The Labute approximate surface area is 152 Å². The van der Waals surface area contributed by atoms with Crippen LogP contribution in [0.5, 0.6) is 5.75 Å². The Kier molecular flexibility index (Phi) is 4.73. The van der Waals surface area contributed by atoms with E-state index >= 15 is 0 Å². The van der Waals surface area contributed by atoms with Crippen molar-refractivity contribution in [2.45, 2.75) is 13.8 Å². The van der Waals surface area contributed by atoms with Gasteiger partial charge in [0.25, 0.3) is 5.91 Å². The van der Waals surface area contributed by atoms with Crippen molar-refractivity contribution in [1.29, 1.82) is 0 Å². The number of fused-ring (bicyclic) bond motifs is 1. The van der Waals surface area contributed by atoms with Crippen LogP contribution in [-0.4, -0.2) is 17.5 Å². The van der Waals surface area contributed by atoms with Crippen LogP contribution in [0.15, 0.2) is 34.8 Å². The summed E-state index contributed by atoms with van der Waals surface area (Å²) in [4.78, 5) is 16.4. The van der Waals surface area contributed by atoms with Gasteiger partial charge in [-0.2, -0.15) is 0 Å². The predicted octanol–water partition coefficient (Wildman–Crippen LogP) is 4.28. The summed E-state index contributed by atoms with van der Waals surface area (Å²) in [7, 11) is 0. The summed E-state index contributed by atoms with van der Waals surface area (Å²) in [6.45, 7) is 3.93. The van der Waals surface area contributed by atoms with E-state index in [0.29, 0.717) is 16.6 Å². The number of thiazole rings is 1. The molecule has 1 aromatic heterocycles. The summed E-state index contributed by atoms with van der Waals surface area (Å²) < 4.78 is 7.27. The first kappa shape index (κ1) is 16.7. The first-order valence-corrected chi connectivity index (χ1v) is 8.88. The number of nitrogens with zero attached hydrogens (tertiary/aromatic N) is 1. The fourth-order valence-corrected chi connectivity index (χ4v) is 3.92. The first-order chi connectivity index (χ1) is 11.4. The van der Waals surface area contributed by atoms with E-state index in [1.807, 2.05) is 32.0 Å². The Morgan fingerprint density at radius 2 is 1.96 bits per heavy atom. The second-order valence-corrected chi connectivity index (χ2v) is 7.43. The summed E-state index contributed by atoms with van der Waals surface area (Å²) in [6, 6.07) is 9.52. The van der Waals surface area contributed by atoms with Gasteiger partial charge in [-0.05, 0) is 65.2 Å². The van der Waals surface area contributed by atoms with Crippen LogP contribution in [0.4, 0.5) is 10.8 Å². The number of hydrogen-bond donors (Lipinski definition) is 2. The fourth-order valence-electron chi connectivity index (χ4n) is 2.44. The van der Waals surface area contributed by atoms with Crippen molar-refractivity contribution in [3.05, 3.63) is 45.9 Å². The standard InChI is InChI=1S/C17H16BrN3O2S/c1-9-3-10(2)5-12(4-9)23-8-15(22)20-11-6-13(18)16-14(7-11)24-17(19)21-16/h3-7H,8H2,1-2H3,(H2,19,21)(H,20,22). The van der Waals surface area contributed by atoms with E-state index in [0.717, 1.165) is 25.8 Å². The smallest absolute Gasteiger partial charge is 0.262 e. The molecule has 3 N–H and O–H groups in total. The maximum atomic E-state index is 12.1. The third-order valence-electron chi connectivity index (χ3n) is 3.31. The number of nitrogens with one attached hydrogen (secondary N) is 1. The molecule has 0 fully saturated rings. The van der Waals surface area contributed by atoms with Gasteiger partial charge in [0.1, 0.15) is 5.75 Å². The topological polar surface area (TPSA) is 77.2 Å². The monoisotopic (exact) mass is 405 g/mol. The second-order valence-electron chi connectivity index (χ2n) is 5.52. The number of hydrogen-bond acceptors (Lipinski definition) is 5. The number of carbonyl (C=O) groups is 1. The van der Waals surface area contributed by atoms with Gasteiger partial charge in [-0.3, -0.25) is 4.79 Å². The Hall–Kier alpha value is -2.12. The van der Waals surface area contributed by atoms with Crippen LogP contribution in [-0.2, 0) is 4.79 Å². The molecule has 0 aliphatic rings. The van der Waals surface area contributed by atoms with Crippen LogP contribution in [0.1, 0.15) is 11.1 Å². The normalized spacial score (nSPS) is 10.8. The maximum absolute atomic E-state index is 12.1. The quantitative estimate of drug-likeness (QED) is 0.678. The zero-order chi connectivity index (χ0) is 17.3. The van der Waals surface area contributed by atoms with Gasteiger partial charge < -0.3 is 15.8 Å². The highest BCUT2D eigenvalue weighted by Gasteiger charge is 2.10. The highest BCUT2D eigenvalue weighted by atomic mass is 79.9. The van der Waals surface area contributed by atoms with Crippen LogP contribution < -0.4 is 15.8 Å². The van der Waals surface area contributed by atoms with Gasteiger partial charge in [0.15, 0.2) is 11.7 Å². The molecule has 1 heterocycles. The number of anilines is 2.